The zero-order valence-corrected chi connectivity index (χ0v) is 14.7. The molecule has 9 nitrogen and oxygen atoms in total. The number of hydrogen-bond acceptors (Lipinski definition) is 6. The van der Waals surface area contributed by atoms with Gasteiger partial charge in [-0.25, -0.2) is 4.98 Å². The van der Waals surface area contributed by atoms with Crippen LogP contribution in [0, 0.1) is 0 Å². The molecule has 26 heavy (non-hydrogen) atoms. The van der Waals surface area contributed by atoms with Crippen LogP contribution in [0.1, 0.15) is 6.42 Å². The molecular weight excluding hydrogens is 340 g/mol. The fraction of sp³-hybridized carbons (Fsp3) is 0.412. The van der Waals surface area contributed by atoms with Gasteiger partial charge < -0.3 is 19.7 Å². The molecule has 2 amide bonds. The molecule has 0 radical (unpaired) electrons. The number of nitrogens with one attached hydrogen (secondary N) is 1. The van der Waals surface area contributed by atoms with Crippen molar-refractivity contribution in [2.45, 2.75) is 13.0 Å². The zero-order chi connectivity index (χ0) is 18.7. The van der Waals surface area contributed by atoms with Gasteiger partial charge in [0.1, 0.15) is 0 Å². The molecule has 138 valence electrons. The maximum atomic E-state index is 12.7. The topological polar surface area (TPSA) is 103 Å². The van der Waals surface area contributed by atoms with E-state index in [0.29, 0.717) is 35.5 Å². The summed E-state index contributed by atoms with van der Waals surface area (Å²) < 4.78 is 11.8. The molecule has 0 aliphatic carbocycles. The van der Waals surface area contributed by atoms with Gasteiger partial charge in [0.2, 0.25) is 11.8 Å². The number of nitrogens with zero attached hydrogens (tertiary/aromatic N) is 3. The SMILES string of the molecule is COc1cc2ncn(CCC(=O)N3CCNC(=O)C3)c(=O)c2cc1OC. The number of piperazine rings is 1. The first-order chi connectivity index (χ1) is 12.5. The van der Waals surface area contributed by atoms with Gasteiger partial charge >= 0.3 is 0 Å². The van der Waals surface area contributed by atoms with Crippen LogP contribution in [-0.2, 0) is 16.1 Å². The summed E-state index contributed by atoms with van der Waals surface area (Å²) in [4.78, 5) is 42.1. The number of ether oxygens (including phenoxy) is 2. The first-order valence-corrected chi connectivity index (χ1v) is 8.19. The van der Waals surface area contributed by atoms with E-state index in [0.717, 1.165) is 0 Å². The van der Waals surface area contributed by atoms with E-state index < -0.39 is 0 Å². The van der Waals surface area contributed by atoms with Gasteiger partial charge in [0.15, 0.2) is 11.5 Å². The summed E-state index contributed by atoms with van der Waals surface area (Å²) in [5.74, 6) is 0.588. The number of amides is 2. The van der Waals surface area contributed by atoms with Crippen molar-refractivity contribution in [1.82, 2.24) is 19.8 Å². The summed E-state index contributed by atoms with van der Waals surface area (Å²) in [6, 6.07) is 3.22. The largest absolute Gasteiger partial charge is 0.493 e. The standard InChI is InChI=1S/C17H20N4O5/c1-25-13-7-11-12(8-14(13)26-2)19-10-21(17(11)24)5-3-16(23)20-6-4-18-15(22)9-20/h7-8,10H,3-6,9H2,1-2H3,(H,18,22). The molecule has 0 bridgehead atoms. The summed E-state index contributed by atoms with van der Waals surface area (Å²) in [5, 5.41) is 3.05. The van der Waals surface area contributed by atoms with E-state index >= 15 is 0 Å². The number of benzene rings is 1. The van der Waals surface area contributed by atoms with Crippen molar-refractivity contribution >= 4 is 22.7 Å². The van der Waals surface area contributed by atoms with Gasteiger partial charge in [-0.05, 0) is 6.07 Å². The molecule has 1 fully saturated rings. The predicted octanol–water partition coefficient (Wildman–Crippen LogP) is -0.238. The number of methoxy groups -OCH3 is 2. The number of aryl methyl sites for hydroxylation is 1. The Morgan fingerprint density at radius 3 is 2.65 bits per heavy atom. The molecule has 0 spiro atoms. The minimum atomic E-state index is -0.264. The van der Waals surface area contributed by atoms with E-state index in [2.05, 4.69) is 10.3 Å². The third-order valence-electron chi connectivity index (χ3n) is 4.29. The highest BCUT2D eigenvalue weighted by Gasteiger charge is 2.21. The van der Waals surface area contributed by atoms with Crippen LogP contribution in [0.3, 0.4) is 0 Å². The Labute approximate surface area is 149 Å². The second kappa shape index (κ2) is 7.42. The predicted molar refractivity (Wildman–Crippen MR) is 93.3 cm³/mol. The number of rotatable bonds is 5. The highest BCUT2D eigenvalue weighted by atomic mass is 16.5. The van der Waals surface area contributed by atoms with Gasteiger partial charge in [0.05, 0.1) is 38.0 Å². The van der Waals surface area contributed by atoms with E-state index in [-0.39, 0.29) is 36.9 Å². The summed E-state index contributed by atoms with van der Waals surface area (Å²) in [6.07, 6.45) is 1.53. The Bertz CT molecular complexity index is 908. The van der Waals surface area contributed by atoms with Crippen LogP contribution in [0.4, 0.5) is 0 Å². The van der Waals surface area contributed by atoms with Gasteiger partial charge in [-0.3, -0.25) is 19.0 Å². The van der Waals surface area contributed by atoms with E-state index in [1.165, 1.54) is 30.0 Å². The molecule has 1 aromatic carbocycles. The lowest BCUT2D eigenvalue weighted by Crippen LogP contribution is -2.50. The van der Waals surface area contributed by atoms with Crippen LogP contribution in [-0.4, -0.2) is 60.1 Å². The minimum Gasteiger partial charge on any atom is -0.493 e. The molecule has 9 heteroatoms. The lowest BCUT2D eigenvalue weighted by Gasteiger charge is -2.26. The molecule has 0 unspecified atom stereocenters. The first kappa shape index (κ1) is 17.7. The highest BCUT2D eigenvalue weighted by molar-refractivity contribution is 5.86. The fourth-order valence-electron chi connectivity index (χ4n) is 2.87. The normalized spacial score (nSPS) is 14.2. The Morgan fingerprint density at radius 1 is 1.23 bits per heavy atom. The molecule has 2 heterocycles. The molecule has 2 aromatic rings. The zero-order valence-electron chi connectivity index (χ0n) is 14.7. The quantitative estimate of drug-likeness (QED) is 0.790. The Morgan fingerprint density at radius 2 is 1.96 bits per heavy atom. The van der Waals surface area contributed by atoms with Crippen molar-refractivity contribution in [2.24, 2.45) is 0 Å². The van der Waals surface area contributed by atoms with Crippen molar-refractivity contribution < 1.29 is 19.1 Å². The summed E-state index contributed by atoms with van der Waals surface area (Å²) >= 11 is 0. The minimum absolute atomic E-state index is 0.0562. The molecule has 1 aliphatic heterocycles. The number of carbonyl (C=O) groups excluding carboxylic acids is 2. The number of aromatic nitrogens is 2. The molecule has 1 aromatic heterocycles. The maximum absolute atomic E-state index is 12.7. The molecule has 3 rings (SSSR count). The van der Waals surface area contributed by atoms with Crippen LogP contribution in [0.2, 0.25) is 0 Å². The third kappa shape index (κ3) is 3.46. The van der Waals surface area contributed by atoms with Crippen molar-refractivity contribution in [3.8, 4) is 11.5 Å². The van der Waals surface area contributed by atoms with E-state index in [9.17, 15) is 14.4 Å². The Hall–Kier alpha value is -3.10. The van der Waals surface area contributed by atoms with Crippen molar-refractivity contribution in [3.05, 3.63) is 28.8 Å². The molecule has 1 saturated heterocycles. The molecule has 0 saturated carbocycles. The van der Waals surface area contributed by atoms with Crippen molar-refractivity contribution in [3.63, 3.8) is 0 Å². The van der Waals surface area contributed by atoms with E-state index in [4.69, 9.17) is 9.47 Å². The van der Waals surface area contributed by atoms with Gasteiger partial charge in [0.25, 0.3) is 5.56 Å². The average Bonchev–Trinajstić information content (AvgIpc) is 2.66. The molecule has 1 N–H and O–H groups in total. The Kier molecular flexibility index (Phi) is 5.06. The summed E-state index contributed by atoms with van der Waals surface area (Å²) in [7, 11) is 3.00. The summed E-state index contributed by atoms with van der Waals surface area (Å²) in [6.45, 7) is 1.17. The smallest absolute Gasteiger partial charge is 0.261 e. The number of carbonyl (C=O) groups is 2. The van der Waals surface area contributed by atoms with Crippen molar-refractivity contribution in [1.29, 1.82) is 0 Å². The van der Waals surface area contributed by atoms with Crippen LogP contribution >= 0.6 is 0 Å². The van der Waals surface area contributed by atoms with Crippen LogP contribution in [0.5, 0.6) is 11.5 Å². The Balaban J connectivity index is 1.80. The van der Waals surface area contributed by atoms with Crippen LogP contribution in [0.25, 0.3) is 10.9 Å². The average molecular weight is 360 g/mol. The molecule has 1 aliphatic rings. The maximum Gasteiger partial charge on any atom is 0.261 e. The number of hydrogen-bond donors (Lipinski definition) is 1. The fourth-order valence-corrected chi connectivity index (χ4v) is 2.87. The van der Waals surface area contributed by atoms with Crippen molar-refractivity contribution in [2.75, 3.05) is 33.9 Å². The monoisotopic (exact) mass is 360 g/mol. The second-order valence-corrected chi connectivity index (χ2v) is 5.88. The second-order valence-electron chi connectivity index (χ2n) is 5.88. The number of fused-ring (bicyclic) bond motifs is 1. The lowest BCUT2D eigenvalue weighted by atomic mass is 10.2. The molecule has 0 atom stereocenters. The lowest BCUT2D eigenvalue weighted by molar-refractivity contribution is -0.138. The van der Waals surface area contributed by atoms with Gasteiger partial charge in [-0.1, -0.05) is 0 Å². The van der Waals surface area contributed by atoms with Gasteiger partial charge in [0, 0.05) is 32.1 Å². The molecular formula is C17H20N4O5. The summed E-state index contributed by atoms with van der Waals surface area (Å²) in [5.41, 5.74) is 0.225. The van der Waals surface area contributed by atoms with Gasteiger partial charge in [-0.2, -0.15) is 0 Å². The van der Waals surface area contributed by atoms with Crippen LogP contribution in [0.15, 0.2) is 23.3 Å². The van der Waals surface area contributed by atoms with E-state index in [1.54, 1.807) is 12.1 Å². The first-order valence-electron chi connectivity index (χ1n) is 8.19. The van der Waals surface area contributed by atoms with Crippen LogP contribution < -0.4 is 20.3 Å². The third-order valence-corrected chi connectivity index (χ3v) is 4.29. The van der Waals surface area contributed by atoms with E-state index in [1.807, 2.05) is 0 Å². The highest BCUT2D eigenvalue weighted by Crippen LogP contribution is 2.29. The van der Waals surface area contributed by atoms with Gasteiger partial charge in [-0.15, -0.1) is 0 Å².